The van der Waals surface area contributed by atoms with Crippen LogP contribution in [0.2, 0.25) is 0 Å². The fraction of sp³-hybridized carbons (Fsp3) is 0.529. The van der Waals surface area contributed by atoms with Crippen LogP contribution >= 0.6 is 0 Å². The van der Waals surface area contributed by atoms with Gasteiger partial charge in [0.15, 0.2) is 0 Å². The molecule has 1 N–H and O–H groups in total. The Kier molecular flexibility index (Phi) is 7.42. The summed E-state index contributed by atoms with van der Waals surface area (Å²) in [6.45, 7) is 8.49. The molecule has 1 unspecified atom stereocenters. The molecule has 0 heterocycles. The van der Waals surface area contributed by atoms with Gasteiger partial charge in [-0.2, -0.15) is 0 Å². The third-order valence-corrected chi connectivity index (χ3v) is 3.45. The Labute approximate surface area is 116 Å². The summed E-state index contributed by atoms with van der Waals surface area (Å²) in [7, 11) is 0. The maximum Gasteiger partial charge on any atom is 0.130 e. The molecule has 1 atom stereocenters. The minimum absolute atomic E-state index is 0.0560. The monoisotopic (exact) mass is 263 g/mol. The third-order valence-electron chi connectivity index (χ3n) is 3.45. The molecule has 0 spiro atoms. The summed E-state index contributed by atoms with van der Waals surface area (Å²) in [6, 6.07) is 5.80. The summed E-state index contributed by atoms with van der Waals surface area (Å²) >= 11 is 0. The van der Waals surface area contributed by atoms with Gasteiger partial charge in [0.05, 0.1) is 0 Å². The summed E-state index contributed by atoms with van der Waals surface area (Å²) in [6.07, 6.45) is 7.51. The number of halogens is 1. The van der Waals surface area contributed by atoms with Crippen LogP contribution in [-0.4, -0.2) is 6.54 Å². The van der Waals surface area contributed by atoms with Crippen molar-refractivity contribution in [3.05, 3.63) is 47.8 Å². The van der Waals surface area contributed by atoms with E-state index in [1.54, 1.807) is 0 Å². The number of aryl methyl sites for hydroxylation is 1. The Morgan fingerprint density at radius 1 is 1.32 bits per heavy atom. The molecule has 0 radical (unpaired) electrons. The van der Waals surface area contributed by atoms with Crippen LogP contribution < -0.4 is 5.32 Å². The molecule has 19 heavy (non-hydrogen) atoms. The predicted octanol–water partition coefficient (Wildman–Crippen LogP) is 4.92. The van der Waals surface area contributed by atoms with E-state index in [0.29, 0.717) is 0 Å². The van der Waals surface area contributed by atoms with Gasteiger partial charge in [-0.05, 0) is 38.3 Å². The Morgan fingerprint density at radius 2 is 2.11 bits per heavy atom. The normalized spacial score (nSPS) is 12.4. The van der Waals surface area contributed by atoms with Gasteiger partial charge < -0.3 is 5.32 Å². The highest BCUT2D eigenvalue weighted by Crippen LogP contribution is 2.24. The maximum atomic E-state index is 14.2. The molecule has 106 valence electrons. The standard InChI is InChI=1S/C17H26FN/c1-4-6-7-8-9-13-16(19-5-2)15-12-10-11-14(3)17(15)18/h4,10-12,16,19H,1,5-9,13H2,2-3H3. The van der Waals surface area contributed by atoms with Crippen LogP contribution in [0.25, 0.3) is 0 Å². The van der Waals surface area contributed by atoms with Gasteiger partial charge >= 0.3 is 0 Å². The molecule has 0 aromatic heterocycles. The van der Waals surface area contributed by atoms with Crippen molar-refractivity contribution in [1.29, 1.82) is 0 Å². The molecular weight excluding hydrogens is 237 g/mol. The second-order valence-corrected chi connectivity index (χ2v) is 5.02. The van der Waals surface area contributed by atoms with Gasteiger partial charge in [0.2, 0.25) is 0 Å². The number of rotatable bonds is 9. The fourth-order valence-electron chi connectivity index (χ4n) is 2.37. The lowest BCUT2D eigenvalue weighted by Crippen LogP contribution is -2.22. The highest BCUT2D eigenvalue weighted by Gasteiger charge is 2.15. The minimum atomic E-state index is -0.0560. The largest absolute Gasteiger partial charge is 0.310 e. The highest BCUT2D eigenvalue weighted by molar-refractivity contribution is 5.27. The zero-order chi connectivity index (χ0) is 14.1. The molecule has 2 heteroatoms. The van der Waals surface area contributed by atoms with Crippen LogP contribution in [0.3, 0.4) is 0 Å². The summed E-state index contributed by atoms with van der Waals surface area (Å²) < 4.78 is 14.2. The summed E-state index contributed by atoms with van der Waals surface area (Å²) in [5, 5.41) is 3.40. The van der Waals surface area contributed by atoms with Crippen LogP contribution in [0, 0.1) is 12.7 Å². The number of allylic oxidation sites excluding steroid dienone is 1. The van der Waals surface area contributed by atoms with Crippen molar-refractivity contribution in [3.8, 4) is 0 Å². The van der Waals surface area contributed by atoms with E-state index in [2.05, 4.69) is 18.8 Å². The first kappa shape index (κ1) is 15.9. The molecule has 1 aromatic rings. The molecule has 0 amide bonds. The molecule has 0 aliphatic heterocycles. The SMILES string of the molecule is C=CCCCCCC(NCC)c1cccc(C)c1F. The van der Waals surface area contributed by atoms with E-state index in [0.717, 1.165) is 36.9 Å². The van der Waals surface area contributed by atoms with E-state index in [4.69, 9.17) is 0 Å². The summed E-state index contributed by atoms with van der Waals surface area (Å²) in [5.41, 5.74) is 1.54. The van der Waals surface area contributed by atoms with E-state index in [-0.39, 0.29) is 11.9 Å². The van der Waals surface area contributed by atoms with Crippen molar-refractivity contribution in [2.45, 2.75) is 52.0 Å². The molecule has 0 aliphatic carbocycles. The molecule has 0 aliphatic rings. The molecule has 1 rings (SSSR count). The van der Waals surface area contributed by atoms with Gasteiger partial charge in [-0.15, -0.1) is 6.58 Å². The topological polar surface area (TPSA) is 12.0 Å². The fourth-order valence-corrected chi connectivity index (χ4v) is 2.37. The van der Waals surface area contributed by atoms with Crippen molar-refractivity contribution >= 4 is 0 Å². The Balaban J connectivity index is 2.60. The zero-order valence-electron chi connectivity index (χ0n) is 12.2. The summed E-state index contributed by atoms with van der Waals surface area (Å²) in [4.78, 5) is 0. The third kappa shape index (κ3) is 5.15. The first-order valence-electron chi connectivity index (χ1n) is 7.30. The first-order chi connectivity index (χ1) is 9.20. The average molecular weight is 263 g/mol. The van der Waals surface area contributed by atoms with Crippen LogP contribution in [0.15, 0.2) is 30.9 Å². The predicted molar refractivity (Wildman–Crippen MR) is 80.8 cm³/mol. The van der Waals surface area contributed by atoms with Gasteiger partial charge in [0, 0.05) is 11.6 Å². The van der Waals surface area contributed by atoms with E-state index in [1.807, 2.05) is 31.2 Å². The van der Waals surface area contributed by atoms with Crippen molar-refractivity contribution < 1.29 is 4.39 Å². The highest BCUT2D eigenvalue weighted by atomic mass is 19.1. The van der Waals surface area contributed by atoms with Gasteiger partial charge in [0.25, 0.3) is 0 Å². The lowest BCUT2D eigenvalue weighted by Gasteiger charge is -2.19. The smallest absolute Gasteiger partial charge is 0.130 e. The van der Waals surface area contributed by atoms with Gasteiger partial charge in [-0.1, -0.05) is 44.0 Å². The number of hydrogen-bond acceptors (Lipinski definition) is 1. The van der Waals surface area contributed by atoms with Crippen LogP contribution in [-0.2, 0) is 0 Å². The van der Waals surface area contributed by atoms with E-state index >= 15 is 0 Å². The lowest BCUT2D eigenvalue weighted by atomic mass is 9.97. The molecule has 1 aromatic carbocycles. The zero-order valence-corrected chi connectivity index (χ0v) is 12.2. The van der Waals surface area contributed by atoms with Crippen LogP contribution in [0.5, 0.6) is 0 Å². The van der Waals surface area contributed by atoms with Crippen LogP contribution in [0.4, 0.5) is 4.39 Å². The van der Waals surface area contributed by atoms with Gasteiger partial charge in [0.1, 0.15) is 5.82 Å². The van der Waals surface area contributed by atoms with E-state index in [9.17, 15) is 4.39 Å². The van der Waals surface area contributed by atoms with Crippen LogP contribution in [0.1, 0.15) is 56.2 Å². The average Bonchev–Trinajstić information content (AvgIpc) is 2.41. The number of benzene rings is 1. The lowest BCUT2D eigenvalue weighted by molar-refractivity contribution is 0.460. The molecular formula is C17H26FN. The van der Waals surface area contributed by atoms with E-state index < -0.39 is 0 Å². The van der Waals surface area contributed by atoms with Crippen molar-refractivity contribution in [2.75, 3.05) is 6.54 Å². The number of hydrogen-bond donors (Lipinski definition) is 1. The number of unbranched alkanes of at least 4 members (excludes halogenated alkanes) is 3. The molecule has 0 fully saturated rings. The second-order valence-electron chi connectivity index (χ2n) is 5.02. The molecule has 0 saturated heterocycles. The van der Waals surface area contributed by atoms with Crippen molar-refractivity contribution in [3.63, 3.8) is 0 Å². The minimum Gasteiger partial charge on any atom is -0.310 e. The van der Waals surface area contributed by atoms with Crippen molar-refractivity contribution in [2.24, 2.45) is 0 Å². The molecule has 1 nitrogen and oxygen atoms in total. The summed E-state index contributed by atoms with van der Waals surface area (Å²) in [5.74, 6) is -0.0560. The Hall–Kier alpha value is -1.15. The van der Waals surface area contributed by atoms with Gasteiger partial charge in [-0.3, -0.25) is 0 Å². The van der Waals surface area contributed by atoms with Gasteiger partial charge in [-0.25, -0.2) is 4.39 Å². The Bertz CT molecular complexity index is 387. The maximum absolute atomic E-state index is 14.2. The number of nitrogens with one attached hydrogen (secondary N) is 1. The quantitative estimate of drug-likeness (QED) is 0.492. The second kappa shape index (κ2) is 8.87. The molecule has 0 saturated carbocycles. The first-order valence-corrected chi connectivity index (χ1v) is 7.30. The van der Waals surface area contributed by atoms with E-state index in [1.165, 1.54) is 12.8 Å². The Morgan fingerprint density at radius 3 is 2.79 bits per heavy atom. The van der Waals surface area contributed by atoms with Crippen molar-refractivity contribution in [1.82, 2.24) is 5.32 Å². The molecule has 0 bridgehead atoms.